The van der Waals surface area contributed by atoms with E-state index in [1.807, 2.05) is 0 Å². The Bertz CT molecular complexity index is 132. The minimum atomic E-state index is 0.802. The molecule has 0 aliphatic carbocycles. The highest BCUT2D eigenvalue weighted by Crippen LogP contribution is 2.06. The van der Waals surface area contributed by atoms with Crippen LogP contribution in [0.5, 0.6) is 0 Å². The van der Waals surface area contributed by atoms with Crippen molar-refractivity contribution in [2.24, 2.45) is 0 Å². The summed E-state index contributed by atoms with van der Waals surface area (Å²) in [6.07, 6.45) is 5.48. The second-order valence-electron chi connectivity index (χ2n) is 2.66. The largest absolute Gasteiger partial charge is 0.362 e. The van der Waals surface area contributed by atoms with E-state index in [0.29, 0.717) is 0 Å². The fourth-order valence-corrected chi connectivity index (χ4v) is 1.29. The fraction of sp³-hybridized carbons (Fsp3) is 0.857. The van der Waals surface area contributed by atoms with E-state index in [1.165, 1.54) is 19.3 Å². The van der Waals surface area contributed by atoms with Crippen LogP contribution in [0.2, 0.25) is 0 Å². The summed E-state index contributed by atoms with van der Waals surface area (Å²) in [7, 11) is 0. The third kappa shape index (κ3) is 2.29. The zero-order valence-electron chi connectivity index (χ0n) is 6.16. The van der Waals surface area contributed by atoms with Crippen molar-refractivity contribution in [2.45, 2.75) is 19.3 Å². The van der Waals surface area contributed by atoms with Crippen molar-refractivity contribution < 1.29 is 4.79 Å². The summed E-state index contributed by atoms with van der Waals surface area (Å²) in [5.41, 5.74) is 8.14. The summed E-state index contributed by atoms with van der Waals surface area (Å²) in [6, 6.07) is 0. The van der Waals surface area contributed by atoms with Crippen molar-refractivity contribution in [1.82, 2.24) is 4.90 Å². The van der Waals surface area contributed by atoms with Crippen LogP contribution in [0.3, 0.4) is 0 Å². The zero-order valence-corrected chi connectivity index (χ0v) is 6.16. The van der Waals surface area contributed by atoms with E-state index in [0.717, 1.165) is 19.6 Å². The van der Waals surface area contributed by atoms with Crippen LogP contribution in [0.15, 0.2) is 0 Å². The van der Waals surface area contributed by atoms with Crippen molar-refractivity contribution in [2.75, 3.05) is 19.6 Å². The van der Waals surface area contributed by atoms with Gasteiger partial charge in [-0.15, -0.1) is 0 Å². The third-order valence-corrected chi connectivity index (χ3v) is 1.87. The standard InChI is InChI=1S/C7H13N3/c8-9-4-7-10-5-2-1-3-6-10/h4H,1-3,5-7H2. The SMILES string of the molecule is [N-]=[N+]=CCN1CCCCC1. The molecule has 1 heterocycles. The first-order valence-electron chi connectivity index (χ1n) is 3.82. The summed E-state index contributed by atoms with van der Waals surface area (Å²) in [4.78, 5) is 5.26. The Morgan fingerprint density at radius 1 is 1.30 bits per heavy atom. The van der Waals surface area contributed by atoms with Gasteiger partial charge >= 0.3 is 0 Å². The highest BCUT2D eigenvalue weighted by atomic mass is 15.1. The Kier molecular flexibility index (Phi) is 3.13. The second kappa shape index (κ2) is 4.20. The molecule has 10 heavy (non-hydrogen) atoms. The molecule has 0 amide bonds. The molecule has 0 aromatic carbocycles. The lowest BCUT2D eigenvalue weighted by atomic mass is 10.1. The van der Waals surface area contributed by atoms with Crippen LogP contribution in [0.25, 0.3) is 5.53 Å². The molecule has 0 atom stereocenters. The molecule has 1 fully saturated rings. The van der Waals surface area contributed by atoms with E-state index in [9.17, 15) is 0 Å². The van der Waals surface area contributed by atoms with Gasteiger partial charge in [0.25, 0.3) is 6.21 Å². The average molecular weight is 139 g/mol. The molecule has 0 N–H and O–H groups in total. The predicted octanol–water partition coefficient (Wildman–Crippen LogP) is 0.773. The van der Waals surface area contributed by atoms with Gasteiger partial charge in [-0.3, -0.25) is 4.90 Å². The summed E-state index contributed by atoms with van der Waals surface area (Å²) >= 11 is 0. The smallest absolute Gasteiger partial charge is 0.271 e. The molecular weight excluding hydrogens is 126 g/mol. The van der Waals surface area contributed by atoms with Gasteiger partial charge in [0, 0.05) is 0 Å². The highest BCUT2D eigenvalue weighted by molar-refractivity contribution is 5.52. The van der Waals surface area contributed by atoms with E-state index < -0.39 is 0 Å². The van der Waals surface area contributed by atoms with Gasteiger partial charge in [-0.25, -0.2) is 0 Å². The summed E-state index contributed by atoms with van der Waals surface area (Å²) in [5, 5.41) is 0. The van der Waals surface area contributed by atoms with Gasteiger partial charge in [-0.1, -0.05) is 6.42 Å². The molecule has 0 radical (unpaired) electrons. The Labute approximate surface area is 61.3 Å². The minimum absolute atomic E-state index is 0.802. The van der Waals surface area contributed by atoms with Crippen LogP contribution in [0.1, 0.15) is 19.3 Å². The van der Waals surface area contributed by atoms with E-state index in [2.05, 4.69) is 9.69 Å². The molecule has 1 aliphatic rings. The number of piperidine rings is 1. The highest BCUT2D eigenvalue weighted by Gasteiger charge is 2.08. The van der Waals surface area contributed by atoms with E-state index in [4.69, 9.17) is 5.53 Å². The number of rotatable bonds is 2. The molecule has 3 heteroatoms. The lowest BCUT2D eigenvalue weighted by Gasteiger charge is -2.22. The number of nitrogens with zero attached hydrogens (tertiary/aromatic N) is 3. The van der Waals surface area contributed by atoms with Crippen molar-refractivity contribution in [1.29, 1.82) is 0 Å². The number of likely N-dealkylation sites (tertiary alicyclic amines) is 1. The van der Waals surface area contributed by atoms with E-state index >= 15 is 0 Å². The molecule has 0 spiro atoms. The van der Waals surface area contributed by atoms with Crippen LogP contribution >= 0.6 is 0 Å². The maximum Gasteiger partial charge on any atom is 0.271 e. The minimum Gasteiger partial charge on any atom is -0.362 e. The van der Waals surface area contributed by atoms with E-state index in [1.54, 1.807) is 6.21 Å². The molecule has 3 nitrogen and oxygen atoms in total. The van der Waals surface area contributed by atoms with Gasteiger partial charge in [0.05, 0.1) is 6.54 Å². The summed E-state index contributed by atoms with van der Waals surface area (Å²) < 4.78 is 0. The molecule has 0 saturated carbocycles. The third-order valence-electron chi connectivity index (χ3n) is 1.87. The normalized spacial score (nSPS) is 20.0. The Balaban J connectivity index is 2.19. The lowest BCUT2D eigenvalue weighted by Crippen LogP contribution is -2.31. The van der Waals surface area contributed by atoms with Gasteiger partial charge < -0.3 is 5.53 Å². The van der Waals surface area contributed by atoms with Crippen molar-refractivity contribution in [3.8, 4) is 0 Å². The van der Waals surface area contributed by atoms with Crippen LogP contribution < -0.4 is 0 Å². The van der Waals surface area contributed by atoms with Gasteiger partial charge in [-0.05, 0) is 25.9 Å². The summed E-state index contributed by atoms with van der Waals surface area (Å²) in [5.74, 6) is 0. The first-order chi connectivity index (χ1) is 4.93. The molecule has 1 rings (SSSR count). The van der Waals surface area contributed by atoms with Crippen molar-refractivity contribution >= 4 is 6.21 Å². The molecular formula is C7H13N3. The Morgan fingerprint density at radius 2 is 2.00 bits per heavy atom. The van der Waals surface area contributed by atoms with Gasteiger partial charge in [0.1, 0.15) is 0 Å². The topological polar surface area (TPSA) is 39.6 Å². The molecule has 56 valence electrons. The molecule has 1 aliphatic heterocycles. The summed E-state index contributed by atoms with van der Waals surface area (Å²) in [6.45, 7) is 3.12. The molecule has 1 saturated heterocycles. The van der Waals surface area contributed by atoms with Crippen molar-refractivity contribution in [3.63, 3.8) is 0 Å². The maximum absolute atomic E-state index is 8.14. The van der Waals surface area contributed by atoms with Gasteiger partial charge in [0.2, 0.25) is 0 Å². The molecule has 0 aromatic rings. The predicted molar refractivity (Wildman–Crippen MR) is 40.0 cm³/mol. The Morgan fingerprint density at radius 3 is 2.60 bits per heavy atom. The zero-order chi connectivity index (χ0) is 7.23. The van der Waals surface area contributed by atoms with Crippen LogP contribution in [-0.2, 0) is 0 Å². The quantitative estimate of drug-likeness (QED) is 0.316. The fourth-order valence-electron chi connectivity index (χ4n) is 1.29. The lowest BCUT2D eigenvalue weighted by molar-refractivity contribution is -0.00162. The molecule has 0 aromatic heterocycles. The van der Waals surface area contributed by atoms with Gasteiger partial charge in [0.15, 0.2) is 0 Å². The second-order valence-corrected chi connectivity index (χ2v) is 2.66. The Hall–Kier alpha value is -0.660. The number of hydrogen-bond donors (Lipinski definition) is 0. The maximum atomic E-state index is 8.14. The monoisotopic (exact) mass is 139 g/mol. The number of hydrogen-bond acceptors (Lipinski definition) is 1. The van der Waals surface area contributed by atoms with Crippen molar-refractivity contribution in [3.05, 3.63) is 5.53 Å². The van der Waals surface area contributed by atoms with Crippen LogP contribution in [0, 0.1) is 0 Å². The first-order valence-corrected chi connectivity index (χ1v) is 3.82. The van der Waals surface area contributed by atoms with Crippen LogP contribution in [-0.4, -0.2) is 35.5 Å². The molecule has 0 bridgehead atoms. The first kappa shape index (κ1) is 7.45. The van der Waals surface area contributed by atoms with Gasteiger partial charge in [-0.2, -0.15) is 4.79 Å². The molecule has 0 unspecified atom stereocenters. The average Bonchev–Trinajstić information content (AvgIpc) is 2.03. The van der Waals surface area contributed by atoms with Crippen LogP contribution in [0.4, 0.5) is 0 Å². The van der Waals surface area contributed by atoms with E-state index in [-0.39, 0.29) is 0 Å².